The van der Waals surface area contributed by atoms with Gasteiger partial charge in [0.2, 0.25) is 0 Å². The topological polar surface area (TPSA) is 95.1 Å². The number of nitrogens with one attached hydrogen (secondary N) is 2. The number of aromatic amines is 1. The number of aromatic nitrogens is 2. The van der Waals surface area contributed by atoms with E-state index in [0.717, 1.165) is 6.42 Å². The van der Waals surface area contributed by atoms with E-state index in [2.05, 4.69) is 15.3 Å². The lowest BCUT2D eigenvalue weighted by Gasteiger charge is -2.37. The van der Waals surface area contributed by atoms with Crippen molar-refractivity contribution in [2.75, 3.05) is 6.54 Å². The fraction of sp³-hybridized carbons (Fsp3) is 0.500. The summed E-state index contributed by atoms with van der Waals surface area (Å²) in [7, 11) is 0. The van der Waals surface area contributed by atoms with Gasteiger partial charge in [0.25, 0.3) is 5.91 Å². The third-order valence-electron chi connectivity index (χ3n) is 3.09. The van der Waals surface area contributed by atoms with Crippen LogP contribution in [0.5, 0.6) is 0 Å². The molecule has 0 unspecified atom stereocenters. The van der Waals surface area contributed by atoms with Gasteiger partial charge in [-0.1, -0.05) is 6.42 Å². The number of aliphatic carboxylic acids is 1. The van der Waals surface area contributed by atoms with Crippen LogP contribution in [-0.2, 0) is 4.79 Å². The zero-order valence-electron chi connectivity index (χ0n) is 8.69. The van der Waals surface area contributed by atoms with E-state index in [4.69, 9.17) is 5.11 Å². The van der Waals surface area contributed by atoms with Crippen LogP contribution < -0.4 is 5.32 Å². The number of hydrogen-bond donors (Lipinski definition) is 3. The molecule has 6 nitrogen and oxygen atoms in total. The maximum atomic E-state index is 11.5. The first-order valence-corrected chi connectivity index (χ1v) is 5.14. The Morgan fingerprint density at radius 1 is 1.56 bits per heavy atom. The van der Waals surface area contributed by atoms with Crippen LogP contribution in [0.1, 0.15) is 29.8 Å². The Morgan fingerprint density at radius 3 is 2.75 bits per heavy atom. The van der Waals surface area contributed by atoms with E-state index in [-0.39, 0.29) is 12.5 Å². The van der Waals surface area contributed by atoms with E-state index in [1.165, 1.54) is 12.5 Å². The standard InChI is InChI=1S/C10H13N3O3/c14-8(7-4-11-6-13-7)12-5-10(9(15)16)2-1-3-10/h4,6H,1-3,5H2,(H,11,13)(H,12,14)(H,15,16). The van der Waals surface area contributed by atoms with Crippen molar-refractivity contribution in [2.45, 2.75) is 19.3 Å². The largest absolute Gasteiger partial charge is 0.481 e. The SMILES string of the molecule is O=C(NCC1(C(=O)O)CCC1)c1cnc[nH]1. The normalized spacial score (nSPS) is 17.5. The lowest BCUT2D eigenvalue weighted by molar-refractivity contribution is -0.153. The van der Waals surface area contributed by atoms with Crippen molar-refractivity contribution in [2.24, 2.45) is 5.41 Å². The van der Waals surface area contributed by atoms with Gasteiger partial charge in [-0.3, -0.25) is 9.59 Å². The highest BCUT2D eigenvalue weighted by Gasteiger charge is 2.44. The highest BCUT2D eigenvalue weighted by molar-refractivity contribution is 5.92. The van der Waals surface area contributed by atoms with Gasteiger partial charge in [0.05, 0.1) is 17.9 Å². The van der Waals surface area contributed by atoms with E-state index in [9.17, 15) is 9.59 Å². The molecular weight excluding hydrogens is 210 g/mol. The van der Waals surface area contributed by atoms with Gasteiger partial charge in [-0.25, -0.2) is 4.98 Å². The molecule has 1 fully saturated rings. The molecule has 0 atom stereocenters. The number of carboxylic acid groups (broad SMARTS) is 1. The van der Waals surface area contributed by atoms with E-state index < -0.39 is 11.4 Å². The first-order valence-electron chi connectivity index (χ1n) is 5.14. The third kappa shape index (κ3) is 1.78. The summed E-state index contributed by atoms with van der Waals surface area (Å²) < 4.78 is 0. The summed E-state index contributed by atoms with van der Waals surface area (Å²) in [5, 5.41) is 11.7. The summed E-state index contributed by atoms with van der Waals surface area (Å²) in [6.45, 7) is 0.181. The van der Waals surface area contributed by atoms with Crippen LogP contribution in [0.15, 0.2) is 12.5 Å². The van der Waals surface area contributed by atoms with E-state index in [1.807, 2.05) is 0 Å². The summed E-state index contributed by atoms with van der Waals surface area (Å²) in [6.07, 6.45) is 4.98. The smallest absolute Gasteiger partial charge is 0.311 e. The highest BCUT2D eigenvalue weighted by Crippen LogP contribution is 2.40. The average Bonchev–Trinajstić information content (AvgIpc) is 2.67. The molecule has 1 heterocycles. The van der Waals surface area contributed by atoms with Crippen LogP contribution in [0.3, 0.4) is 0 Å². The average molecular weight is 223 g/mol. The van der Waals surface area contributed by atoms with Crippen molar-refractivity contribution in [3.8, 4) is 0 Å². The number of imidazole rings is 1. The molecule has 86 valence electrons. The quantitative estimate of drug-likeness (QED) is 0.688. The molecule has 0 radical (unpaired) electrons. The highest BCUT2D eigenvalue weighted by atomic mass is 16.4. The van der Waals surface area contributed by atoms with Gasteiger partial charge in [-0.2, -0.15) is 0 Å². The Morgan fingerprint density at radius 2 is 2.31 bits per heavy atom. The first kappa shape index (κ1) is 10.7. The van der Waals surface area contributed by atoms with Gasteiger partial charge in [0.1, 0.15) is 5.69 Å². The fourth-order valence-corrected chi connectivity index (χ4v) is 1.79. The Bertz CT molecular complexity index is 395. The molecule has 0 aromatic carbocycles. The van der Waals surface area contributed by atoms with Crippen molar-refractivity contribution >= 4 is 11.9 Å². The van der Waals surface area contributed by atoms with E-state index in [0.29, 0.717) is 18.5 Å². The zero-order chi connectivity index (χ0) is 11.6. The van der Waals surface area contributed by atoms with Crippen LogP contribution in [0.2, 0.25) is 0 Å². The molecule has 3 N–H and O–H groups in total. The predicted molar refractivity (Wildman–Crippen MR) is 54.8 cm³/mol. The molecule has 1 aliphatic rings. The summed E-state index contributed by atoms with van der Waals surface area (Å²) in [5.74, 6) is -1.14. The van der Waals surface area contributed by atoms with Crippen LogP contribution in [0.4, 0.5) is 0 Å². The molecule has 6 heteroatoms. The molecule has 0 saturated heterocycles. The number of rotatable bonds is 4. The molecule has 1 aromatic heterocycles. The van der Waals surface area contributed by atoms with Gasteiger partial charge in [-0.15, -0.1) is 0 Å². The van der Waals surface area contributed by atoms with Crippen molar-refractivity contribution in [3.05, 3.63) is 18.2 Å². The predicted octanol–water partition coefficient (Wildman–Crippen LogP) is 0.394. The van der Waals surface area contributed by atoms with E-state index >= 15 is 0 Å². The van der Waals surface area contributed by atoms with Crippen LogP contribution in [-0.4, -0.2) is 33.5 Å². The Labute approximate surface area is 92.1 Å². The Balaban J connectivity index is 1.92. The monoisotopic (exact) mass is 223 g/mol. The van der Waals surface area contributed by atoms with Crippen molar-refractivity contribution in [1.82, 2.24) is 15.3 Å². The molecular formula is C10H13N3O3. The minimum absolute atomic E-state index is 0.181. The van der Waals surface area contributed by atoms with Gasteiger partial charge in [0.15, 0.2) is 0 Å². The molecule has 1 saturated carbocycles. The van der Waals surface area contributed by atoms with Crippen LogP contribution in [0.25, 0.3) is 0 Å². The first-order chi connectivity index (χ1) is 7.64. The molecule has 1 amide bonds. The second-order valence-electron chi connectivity index (χ2n) is 4.09. The zero-order valence-corrected chi connectivity index (χ0v) is 8.69. The molecule has 1 aliphatic carbocycles. The second kappa shape index (κ2) is 3.96. The Hall–Kier alpha value is -1.85. The van der Waals surface area contributed by atoms with Gasteiger partial charge >= 0.3 is 5.97 Å². The molecule has 0 bridgehead atoms. The summed E-state index contributed by atoms with van der Waals surface area (Å²) in [4.78, 5) is 29.0. The molecule has 0 aliphatic heterocycles. The maximum Gasteiger partial charge on any atom is 0.311 e. The number of hydrogen-bond acceptors (Lipinski definition) is 3. The van der Waals surface area contributed by atoms with Crippen molar-refractivity contribution in [3.63, 3.8) is 0 Å². The summed E-state index contributed by atoms with van der Waals surface area (Å²) >= 11 is 0. The van der Waals surface area contributed by atoms with Crippen molar-refractivity contribution < 1.29 is 14.7 Å². The lowest BCUT2D eigenvalue weighted by Crippen LogP contribution is -2.47. The summed E-state index contributed by atoms with van der Waals surface area (Å²) in [6, 6.07) is 0. The van der Waals surface area contributed by atoms with Gasteiger partial charge < -0.3 is 15.4 Å². The number of carbonyl (C=O) groups excluding carboxylic acids is 1. The van der Waals surface area contributed by atoms with E-state index in [1.54, 1.807) is 0 Å². The number of amides is 1. The van der Waals surface area contributed by atoms with Gasteiger partial charge in [-0.05, 0) is 12.8 Å². The lowest BCUT2D eigenvalue weighted by atomic mass is 9.69. The number of carboxylic acids is 1. The van der Waals surface area contributed by atoms with Crippen LogP contribution >= 0.6 is 0 Å². The number of carbonyl (C=O) groups is 2. The number of H-pyrrole nitrogens is 1. The van der Waals surface area contributed by atoms with Crippen LogP contribution in [0, 0.1) is 5.41 Å². The summed E-state index contributed by atoms with van der Waals surface area (Å²) in [5.41, 5.74) is -0.407. The molecule has 1 aromatic rings. The Kier molecular flexibility index (Phi) is 2.64. The molecule has 2 rings (SSSR count). The fourth-order valence-electron chi connectivity index (χ4n) is 1.79. The van der Waals surface area contributed by atoms with Gasteiger partial charge in [0, 0.05) is 6.54 Å². The van der Waals surface area contributed by atoms with Crippen molar-refractivity contribution in [1.29, 1.82) is 0 Å². The minimum atomic E-state index is -0.830. The third-order valence-corrected chi connectivity index (χ3v) is 3.09. The molecule has 16 heavy (non-hydrogen) atoms. The second-order valence-corrected chi connectivity index (χ2v) is 4.09. The molecule has 0 spiro atoms. The maximum absolute atomic E-state index is 11.5. The minimum Gasteiger partial charge on any atom is -0.481 e. The number of nitrogens with zero attached hydrogens (tertiary/aromatic N) is 1.